The Morgan fingerprint density at radius 3 is 1.97 bits per heavy atom. The summed E-state index contributed by atoms with van der Waals surface area (Å²) in [6.45, 7) is 6.11. The van der Waals surface area contributed by atoms with E-state index in [1.54, 1.807) is 11.3 Å². The van der Waals surface area contributed by atoms with Crippen molar-refractivity contribution >= 4 is 55.4 Å². The van der Waals surface area contributed by atoms with Gasteiger partial charge in [-0.05, 0) is 30.7 Å². The summed E-state index contributed by atoms with van der Waals surface area (Å²) in [6, 6.07) is 33.2. The SMILES string of the molecule is C=Cc1sc2cc3c(cc2c1/C=C\C)c1ccccc1n3-c1nc(-c2ccccc2)nc(-c2ccccc2)n1. The van der Waals surface area contributed by atoms with Crippen LogP contribution in [0.2, 0.25) is 0 Å². The Hall–Kier alpha value is -4.87. The standard InChI is InChI=1S/C34H24N4S/c1-3-13-25-27-20-26-24-18-11-12-19-28(24)38(29(26)21-31(27)39-30(25)4-2)34-36-32(22-14-7-5-8-15-22)35-33(37-34)23-16-9-6-10-17-23/h3-21H,2H2,1H3/b13-3-. The van der Waals surface area contributed by atoms with Gasteiger partial charge in [-0.25, -0.2) is 4.98 Å². The molecule has 0 atom stereocenters. The summed E-state index contributed by atoms with van der Waals surface area (Å²) >= 11 is 1.76. The summed E-state index contributed by atoms with van der Waals surface area (Å²) in [6.07, 6.45) is 6.20. The van der Waals surface area contributed by atoms with Crippen molar-refractivity contribution in [2.45, 2.75) is 6.92 Å². The Morgan fingerprint density at radius 2 is 1.33 bits per heavy atom. The van der Waals surface area contributed by atoms with Crippen LogP contribution in [0.3, 0.4) is 0 Å². The summed E-state index contributed by atoms with van der Waals surface area (Å²) in [5.74, 6) is 1.89. The molecule has 3 heterocycles. The molecule has 0 unspecified atom stereocenters. The van der Waals surface area contributed by atoms with Gasteiger partial charge in [0.25, 0.3) is 0 Å². The molecule has 0 bridgehead atoms. The molecule has 4 nitrogen and oxygen atoms in total. The first-order valence-corrected chi connectivity index (χ1v) is 13.7. The lowest BCUT2D eigenvalue weighted by atomic mass is 10.1. The molecule has 0 amide bonds. The van der Waals surface area contributed by atoms with Crippen LogP contribution in [0.4, 0.5) is 0 Å². The molecular formula is C34H24N4S. The first kappa shape index (κ1) is 23.3. The third kappa shape index (κ3) is 3.87. The van der Waals surface area contributed by atoms with Crippen LogP contribution in [0.15, 0.2) is 110 Å². The zero-order chi connectivity index (χ0) is 26.3. The van der Waals surface area contributed by atoms with E-state index >= 15 is 0 Å². The molecular weight excluding hydrogens is 496 g/mol. The summed E-state index contributed by atoms with van der Waals surface area (Å²) in [5, 5.41) is 3.56. The second kappa shape index (κ2) is 9.46. The number of benzene rings is 4. The van der Waals surface area contributed by atoms with E-state index in [0.717, 1.165) is 27.5 Å². The van der Waals surface area contributed by atoms with Gasteiger partial charge in [0.15, 0.2) is 11.6 Å². The Labute approximate surface area is 230 Å². The van der Waals surface area contributed by atoms with Crippen molar-refractivity contribution in [3.05, 3.63) is 120 Å². The van der Waals surface area contributed by atoms with E-state index in [1.807, 2.05) is 66.7 Å². The highest BCUT2D eigenvalue weighted by molar-refractivity contribution is 7.20. The van der Waals surface area contributed by atoms with Crippen LogP contribution in [0.25, 0.3) is 72.8 Å². The third-order valence-electron chi connectivity index (χ3n) is 6.96. The van der Waals surface area contributed by atoms with E-state index in [1.165, 1.54) is 25.9 Å². The number of hydrogen-bond donors (Lipinski definition) is 0. The maximum atomic E-state index is 5.04. The van der Waals surface area contributed by atoms with Gasteiger partial charge in [0.1, 0.15) is 0 Å². The van der Waals surface area contributed by atoms with E-state index in [2.05, 4.69) is 66.6 Å². The normalized spacial score (nSPS) is 11.7. The van der Waals surface area contributed by atoms with E-state index in [4.69, 9.17) is 15.0 Å². The lowest BCUT2D eigenvalue weighted by Gasteiger charge is -2.11. The Balaban J connectivity index is 1.58. The predicted molar refractivity (Wildman–Crippen MR) is 165 cm³/mol. The number of rotatable bonds is 5. The number of para-hydroxylation sites is 1. The largest absolute Gasteiger partial charge is 0.278 e. The number of thiophene rings is 1. The van der Waals surface area contributed by atoms with Gasteiger partial charge in [-0.3, -0.25) is 4.57 Å². The third-order valence-corrected chi connectivity index (χ3v) is 8.12. The van der Waals surface area contributed by atoms with Crippen LogP contribution in [0.1, 0.15) is 17.4 Å². The highest BCUT2D eigenvalue weighted by atomic mass is 32.1. The summed E-state index contributed by atoms with van der Waals surface area (Å²) < 4.78 is 3.38. The van der Waals surface area contributed by atoms with Crippen molar-refractivity contribution in [1.29, 1.82) is 0 Å². The number of nitrogens with zero attached hydrogens (tertiary/aromatic N) is 4. The quantitative estimate of drug-likeness (QED) is 0.227. The van der Waals surface area contributed by atoms with Gasteiger partial charge < -0.3 is 0 Å². The van der Waals surface area contributed by atoms with Crippen molar-refractivity contribution in [3.63, 3.8) is 0 Å². The van der Waals surface area contributed by atoms with Gasteiger partial charge in [0.2, 0.25) is 5.95 Å². The first-order valence-electron chi connectivity index (χ1n) is 12.9. The van der Waals surface area contributed by atoms with Crippen molar-refractivity contribution in [2.75, 3.05) is 0 Å². The monoisotopic (exact) mass is 520 g/mol. The smallest absolute Gasteiger partial charge is 0.238 e. The van der Waals surface area contributed by atoms with Crippen LogP contribution in [-0.2, 0) is 0 Å². The summed E-state index contributed by atoms with van der Waals surface area (Å²) in [4.78, 5) is 16.1. The zero-order valence-electron chi connectivity index (χ0n) is 21.4. The minimum absolute atomic E-state index is 0.599. The van der Waals surface area contributed by atoms with Crippen LogP contribution in [0.5, 0.6) is 0 Å². The molecule has 0 fully saturated rings. The molecule has 0 spiro atoms. The van der Waals surface area contributed by atoms with Crippen LogP contribution in [-0.4, -0.2) is 19.5 Å². The Bertz CT molecular complexity index is 1980. The molecule has 4 aromatic carbocycles. The molecule has 7 aromatic rings. The molecule has 5 heteroatoms. The number of allylic oxidation sites excluding steroid dienone is 1. The van der Waals surface area contributed by atoms with Crippen LogP contribution in [0, 0.1) is 0 Å². The average Bonchev–Trinajstić information content (AvgIpc) is 3.51. The molecule has 0 aliphatic rings. The van der Waals surface area contributed by atoms with E-state index < -0.39 is 0 Å². The minimum atomic E-state index is 0.599. The van der Waals surface area contributed by atoms with E-state index in [9.17, 15) is 0 Å². The van der Waals surface area contributed by atoms with Crippen molar-refractivity contribution in [1.82, 2.24) is 19.5 Å². The van der Waals surface area contributed by atoms with Gasteiger partial charge in [-0.1, -0.05) is 104 Å². The first-order chi connectivity index (χ1) is 19.2. The molecule has 0 aliphatic heterocycles. The molecule has 7 rings (SSSR count). The van der Waals surface area contributed by atoms with Gasteiger partial charge in [0, 0.05) is 36.9 Å². The Morgan fingerprint density at radius 1 is 0.692 bits per heavy atom. The number of hydrogen-bond acceptors (Lipinski definition) is 4. The fraction of sp³-hybridized carbons (Fsp3) is 0.0294. The fourth-order valence-electron chi connectivity index (χ4n) is 5.20. The molecule has 0 saturated carbocycles. The number of aromatic nitrogens is 4. The van der Waals surface area contributed by atoms with Crippen molar-refractivity contribution in [2.24, 2.45) is 0 Å². The van der Waals surface area contributed by atoms with Gasteiger partial charge in [-0.2, -0.15) is 9.97 Å². The van der Waals surface area contributed by atoms with Crippen molar-refractivity contribution in [3.8, 4) is 28.7 Å². The molecule has 39 heavy (non-hydrogen) atoms. The highest BCUT2D eigenvalue weighted by Crippen LogP contribution is 2.40. The Kier molecular flexibility index (Phi) is 5.64. The van der Waals surface area contributed by atoms with Gasteiger partial charge >= 0.3 is 0 Å². The van der Waals surface area contributed by atoms with Gasteiger partial charge in [-0.15, -0.1) is 11.3 Å². The van der Waals surface area contributed by atoms with E-state index in [-0.39, 0.29) is 0 Å². The molecule has 0 N–H and O–H groups in total. The lowest BCUT2D eigenvalue weighted by Crippen LogP contribution is -2.06. The average molecular weight is 521 g/mol. The summed E-state index contributed by atoms with van der Waals surface area (Å²) in [5.41, 5.74) is 5.24. The second-order valence-electron chi connectivity index (χ2n) is 9.32. The van der Waals surface area contributed by atoms with Crippen LogP contribution >= 0.6 is 11.3 Å². The van der Waals surface area contributed by atoms with Crippen molar-refractivity contribution < 1.29 is 0 Å². The minimum Gasteiger partial charge on any atom is -0.278 e. The molecule has 0 radical (unpaired) electrons. The van der Waals surface area contributed by atoms with Gasteiger partial charge in [0.05, 0.1) is 11.0 Å². The maximum Gasteiger partial charge on any atom is 0.238 e. The summed E-state index contributed by atoms with van der Waals surface area (Å²) in [7, 11) is 0. The lowest BCUT2D eigenvalue weighted by molar-refractivity contribution is 0.954. The zero-order valence-corrected chi connectivity index (χ0v) is 22.2. The van der Waals surface area contributed by atoms with E-state index in [0.29, 0.717) is 17.6 Å². The second-order valence-corrected chi connectivity index (χ2v) is 10.4. The molecule has 0 saturated heterocycles. The van der Waals surface area contributed by atoms with Crippen LogP contribution < -0.4 is 0 Å². The molecule has 186 valence electrons. The maximum absolute atomic E-state index is 5.04. The number of fused-ring (bicyclic) bond motifs is 4. The highest BCUT2D eigenvalue weighted by Gasteiger charge is 2.19. The predicted octanol–water partition coefficient (Wildman–Crippen LogP) is 9.19. The fourth-order valence-corrected chi connectivity index (χ4v) is 6.26. The topological polar surface area (TPSA) is 43.6 Å². The molecule has 3 aromatic heterocycles. The molecule has 0 aliphatic carbocycles.